The minimum Gasteiger partial charge on any atom is -0.478 e. The van der Waals surface area contributed by atoms with E-state index in [1.54, 1.807) is 0 Å². The Morgan fingerprint density at radius 1 is 1.24 bits per heavy atom. The van der Waals surface area contributed by atoms with Crippen LogP contribution in [0.15, 0.2) is 17.0 Å². The Labute approximate surface area is 127 Å². The third-order valence-electron chi connectivity index (χ3n) is 4.26. The van der Waals surface area contributed by atoms with Gasteiger partial charge in [-0.2, -0.15) is 0 Å². The maximum Gasteiger partial charge on any atom is 0.337 e. The maximum absolute atomic E-state index is 12.8. The molecule has 1 fully saturated rings. The van der Waals surface area contributed by atoms with Gasteiger partial charge >= 0.3 is 5.97 Å². The zero-order chi connectivity index (χ0) is 15.2. The van der Waals surface area contributed by atoms with E-state index in [0.717, 1.165) is 0 Å². The SMILES string of the molecule is O=C(O)c1ccc2c(c1Cl)COC1CCC(CC1)S2(=O)=O. The lowest BCUT2D eigenvalue weighted by Crippen LogP contribution is -2.29. The van der Waals surface area contributed by atoms with E-state index in [9.17, 15) is 13.2 Å². The second kappa shape index (κ2) is 5.26. The first-order valence-corrected chi connectivity index (χ1v) is 8.74. The molecule has 2 bridgehead atoms. The molecule has 0 atom stereocenters. The van der Waals surface area contributed by atoms with Crippen molar-refractivity contribution in [3.05, 3.63) is 28.3 Å². The van der Waals surface area contributed by atoms with Crippen molar-refractivity contribution in [2.24, 2.45) is 0 Å². The highest BCUT2D eigenvalue weighted by Crippen LogP contribution is 2.37. The largest absolute Gasteiger partial charge is 0.478 e. The molecule has 1 aromatic carbocycles. The van der Waals surface area contributed by atoms with Gasteiger partial charge in [-0.05, 0) is 37.8 Å². The summed E-state index contributed by atoms with van der Waals surface area (Å²) in [4.78, 5) is 11.3. The van der Waals surface area contributed by atoms with Crippen LogP contribution < -0.4 is 0 Å². The first-order valence-electron chi connectivity index (χ1n) is 6.81. The van der Waals surface area contributed by atoms with E-state index in [1.165, 1.54) is 12.1 Å². The van der Waals surface area contributed by atoms with Gasteiger partial charge in [-0.25, -0.2) is 13.2 Å². The number of hydrogen-bond acceptors (Lipinski definition) is 4. The molecule has 0 spiro atoms. The van der Waals surface area contributed by atoms with Crippen molar-refractivity contribution in [1.82, 2.24) is 0 Å². The van der Waals surface area contributed by atoms with Gasteiger partial charge in [-0.15, -0.1) is 0 Å². The molecule has 1 aromatic rings. The molecule has 0 aromatic heterocycles. The van der Waals surface area contributed by atoms with Crippen LogP contribution >= 0.6 is 11.6 Å². The van der Waals surface area contributed by atoms with Gasteiger partial charge in [0.2, 0.25) is 0 Å². The Balaban J connectivity index is 2.21. The number of aromatic carboxylic acids is 1. The van der Waals surface area contributed by atoms with Crippen LogP contribution in [-0.4, -0.2) is 30.8 Å². The number of sulfone groups is 1. The summed E-state index contributed by atoms with van der Waals surface area (Å²) in [5.41, 5.74) is 0.177. The number of benzene rings is 1. The third kappa shape index (κ3) is 2.45. The normalized spacial score (nSPS) is 27.3. The van der Waals surface area contributed by atoms with Crippen LogP contribution in [0.25, 0.3) is 0 Å². The van der Waals surface area contributed by atoms with E-state index in [1.807, 2.05) is 0 Å². The molecule has 7 heteroatoms. The highest BCUT2D eigenvalue weighted by atomic mass is 35.5. The van der Waals surface area contributed by atoms with Crippen LogP contribution in [0.3, 0.4) is 0 Å². The van der Waals surface area contributed by atoms with Crippen LogP contribution in [0.1, 0.15) is 41.6 Å². The highest BCUT2D eigenvalue weighted by Gasteiger charge is 2.37. The quantitative estimate of drug-likeness (QED) is 0.856. The van der Waals surface area contributed by atoms with Crippen molar-refractivity contribution < 1.29 is 23.1 Å². The number of ether oxygens (including phenoxy) is 1. The molecule has 1 saturated carbocycles. The van der Waals surface area contributed by atoms with Crippen molar-refractivity contribution in [2.75, 3.05) is 0 Å². The van der Waals surface area contributed by atoms with Gasteiger partial charge in [-0.3, -0.25) is 0 Å². The number of rotatable bonds is 1. The predicted octanol–water partition coefficient (Wildman–Crippen LogP) is 2.65. The van der Waals surface area contributed by atoms with Gasteiger partial charge in [0, 0.05) is 5.56 Å². The van der Waals surface area contributed by atoms with Gasteiger partial charge in [0.1, 0.15) is 0 Å². The zero-order valence-corrected chi connectivity index (χ0v) is 12.8. The molecule has 1 aliphatic carbocycles. The topological polar surface area (TPSA) is 80.7 Å². The summed E-state index contributed by atoms with van der Waals surface area (Å²) in [7, 11) is -3.50. The Morgan fingerprint density at radius 3 is 2.52 bits per heavy atom. The zero-order valence-electron chi connectivity index (χ0n) is 11.2. The molecule has 0 amide bonds. The fourth-order valence-electron chi connectivity index (χ4n) is 3.06. The van der Waals surface area contributed by atoms with Crippen molar-refractivity contribution in [1.29, 1.82) is 0 Å². The van der Waals surface area contributed by atoms with E-state index in [-0.39, 0.29) is 33.8 Å². The highest BCUT2D eigenvalue weighted by molar-refractivity contribution is 7.92. The van der Waals surface area contributed by atoms with Gasteiger partial charge < -0.3 is 9.84 Å². The molecule has 0 radical (unpaired) electrons. The summed E-state index contributed by atoms with van der Waals surface area (Å²) in [6.45, 7) is 0.0336. The molecule has 2 aliphatic heterocycles. The minimum atomic E-state index is -3.50. The molecule has 2 heterocycles. The number of carbonyl (C=O) groups is 1. The third-order valence-corrected chi connectivity index (χ3v) is 7.04. The molecular weight excluding hydrogens is 316 g/mol. The molecule has 4 rings (SSSR count). The van der Waals surface area contributed by atoms with Gasteiger partial charge in [0.15, 0.2) is 9.84 Å². The Kier molecular flexibility index (Phi) is 3.71. The van der Waals surface area contributed by atoms with Crippen molar-refractivity contribution >= 4 is 27.4 Å². The molecule has 114 valence electrons. The molecule has 21 heavy (non-hydrogen) atoms. The van der Waals surface area contributed by atoms with E-state index in [0.29, 0.717) is 25.7 Å². The van der Waals surface area contributed by atoms with Gasteiger partial charge in [-0.1, -0.05) is 11.6 Å². The fourth-order valence-corrected chi connectivity index (χ4v) is 5.43. The molecule has 0 unspecified atom stereocenters. The van der Waals surface area contributed by atoms with Gasteiger partial charge in [0.05, 0.1) is 33.4 Å². The summed E-state index contributed by atoms with van der Waals surface area (Å²) in [6.07, 6.45) is 2.59. The summed E-state index contributed by atoms with van der Waals surface area (Å²) < 4.78 is 31.3. The first kappa shape index (κ1) is 14.8. The lowest BCUT2D eigenvalue weighted by atomic mass is 9.97. The number of carboxylic acid groups (broad SMARTS) is 1. The minimum absolute atomic E-state index is 0.0203. The van der Waals surface area contributed by atoms with E-state index < -0.39 is 21.1 Å². The Morgan fingerprint density at radius 2 is 1.90 bits per heavy atom. The number of fused-ring (bicyclic) bond motifs is 3. The maximum atomic E-state index is 12.8. The predicted molar refractivity (Wildman–Crippen MR) is 76.4 cm³/mol. The Bertz CT molecular complexity index is 690. The second-order valence-electron chi connectivity index (χ2n) is 5.46. The lowest BCUT2D eigenvalue weighted by Gasteiger charge is -2.26. The first-order chi connectivity index (χ1) is 9.91. The van der Waals surface area contributed by atoms with Crippen LogP contribution in [0.4, 0.5) is 0 Å². The van der Waals surface area contributed by atoms with Crippen molar-refractivity contribution in [3.8, 4) is 0 Å². The second-order valence-corrected chi connectivity index (χ2v) is 8.04. The summed E-state index contributed by atoms with van der Waals surface area (Å²) >= 11 is 6.12. The monoisotopic (exact) mass is 330 g/mol. The van der Waals surface area contributed by atoms with Crippen LogP contribution in [-0.2, 0) is 21.2 Å². The summed E-state index contributed by atoms with van der Waals surface area (Å²) in [5, 5.41) is 8.65. The number of carboxylic acids is 1. The van der Waals surface area contributed by atoms with Gasteiger partial charge in [0.25, 0.3) is 0 Å². The number of halogens is 1. The van der Waals surface area contributed by atoms with Crippen LogP contribution in [0.2, 0.25) is 5.02 Å². The van der Waals surface area contributed by atoms with Crippen molar-refractivity contribution in [2.45, 2.75) is 48.5 Å². The van der Waals surface area contributed by atoms with E-state index in [2.05, 4.69) is 0 Å². The molecular formula is C14H15ClO5S. The fraction of sp³-hybridized carbons (Fsp3) is 0.500. The smallest absolute Gasteiger partial charge is 0.337 e. The average Bonchev–Trinajstić information content (AvgIpc) is 2.52. The average molecular weight is 331 g/mol. The van der Waals surface area contributed by atoms with Crippen LogP contribution in [0, 0.1) is 0 Å². The summed E-state index contributed by atoms with van der Waals surface area (Å²) in [6, 6.07) is 2.60. The van der Waals surface area contributed by atoms with E-state index in [4.69, 9.17) is 21.4 Å². The molecule has 1 N–H and O–H groups in total. The molecule has 3 aliphatic rings. The number of hydrogen-bond donors (Lipinski definition) is 1. The lowest BCUT2D eigenvalue weighted by molar-refractivity contribution is 0.0179. The summed E-state index contributed by atoms with van der Waals surface area (Å²) in [5.74, 6) is -1.18. The molecule has 5 nitrogen and oxygen atoms in total. The van der Waals surface area contributed by atoms with Crippen molar-refractivity contribution in [3.63, 3.8) is 0 Å². The standard InChI is InChI=1S/C14H15ClO5S/c15-13-10(14(16)17)5-6-12-11(13)7-20-8-1-3-9(4-2-8)21(12,18)19/h5-6,8-9H,1-4,7H2,(H,16,17). The van der Waals surface area contributed by atoms with E-state index >= 15 is 0 Å². The Hall–Kier alpha value is -1.11. The van der Waals surface area contributed by atoms with Crippen LogP contribution in [0.5, 0.6) is 0 Å². The molecule has 0 saturated heterocycles.